The molecule has 4 aliphatic carbocycles. The number of nitrogens with zero attached hydrogens (tertiary/aromatic N) is 1. The number of hydrogen-bond acceptors (Lipinski definition) is 2. The first-order chi connectivity index (χ1) is 12.2. The lowest BCUT2D eigenvalue weighted by molar-refractivity contribution is -0.131. The Morgan fingerprint density at radius 3 is 2.15 bits per heavy atom. The van der Waals surface area contributed by atoms with Gasteiger partial charge in [0.2, 0.25) is 5.91 Å². The third-order valence-corrected chi connectivity index (χ3v) is 7.49. The zero-order valence-electron chi connectivity index (χ0n) is 16.7. The van der Waals surface area contributed by atoms with Crippen LogP contribution in [0.1, 0.15) is 78.6 Å². The first-order valence-corrected chi connectivity index (χ1v) is 10.6. The molecule has 0 aromatic carbocycles. The van der Waals surface area contributed by atoms with E-state index in [0.717, 1.165) is 51.1 Å². The Hall–Kier alpha value is -1.26. The largest absolute Gasteiger partial charge is 0.343 e. The molecule has 0 radical (unpaired) electrons. The molecule has 5 heteroatoms. The topological polar surface area (TPSA) is 61.4 Å². The summed E-state index contributed by atoms with van der Waals surface area (Å²) in [5.74, 6) is 1.01. The van der Waals surface area contributed by atoms with Crippen LogP contribution in [0.5, 0.6) is 0 Å². The highest BCUT2D eigenvalue weighted by Crippen LogP contribution is 2.66. The van der Waals surface area contributed by atoms with Gasteiger partial charge in [-0.1, -0.05) is 20.8 Å². The SMILES string of the molecule is CCC(=O)N1CCC(NC(=O)NC23CC4CC(C)(CC(C)(C4)C2)C3)CC1. The molecule has 1 aliphatic heterocycles. The second-order valence-electron chi connectivity index (χ2n) is 10.5. The average molecular weight is 362 g/mol. The molecule has 26 heavy (non-hydrogen) atoms. The van der Waals surface area contributed by atoms with Gasteiger partial charge >= 0.3 is 6.03 Å². The smallest absolute Gasteiger partial charge is 0.315 e. The number of amides is 3. The number of carbonyl (C=O) groups is 2. The Morgan fingerprint density at radius 2 is 1.62 bits per heavy atom. The van der Waals surface area contributed by atoms with E-state index in [4.69, 9.17) is 0 Å². The molecule has 146 valence electrons. The molecule has 2 atom stereocenters. The molecule has 5 aliphatic rings. The van der Waals surface area contributed by atoms with Crippen molar-refractivity contribution in [2.75, 3.05) is 13.1 Å². The van der Waals surface area contributed by atoms with Gasteiger partial charge in [-0.05, 0) is 68.1 Å². The molecule has 5 nitrogen and oxygen atoms in total. The van der Waals surface area contributed by atoms with Crippen molar-refractivity contribution in [3.8, 4) is 0 Å². The lowest BCUT2D eigenvalue weighted by atomic mass is 9.43. The predicted molar refractivity (Wildman–Crippen MR) is 102 cm³/mol. The first-order valence-electron chi connectivity index (χ1n) is 10.6. The summed E-state index contributed by atoms with van der Waals surface area (Å²) in [5.41, 5.74) is 0.826. The summed E-state index contributed by atoms with van der Waals surface area (Å²) < 4.78 is 0. The summed E-state index contributed by atoms with van der Waals surface area (Å²) in [6.45, 7) is 8.31. The number of carbonyl (C=O) groups excluding carboxylic acids is 2. The highest BCUT2D eigenvalue weighted by molar-refractivity contribution is 5.76. The highest BCUT2D eigenvalue weighted by atomic mass is 16.2. The van der Waals surface area contributed by atoms with E-state index < -0.39 is 0 Å². The van der Waals surface area contributed by atoms with E-state index in [1.54, 1.807) is 0 Å². The van der Waals surface area contributed by atoms with Crippen LogP contribution >= 0.6 is 0 Å². The molecule has 5 fully saturated rings. The molecular weight excluding hydrogens is 326 g/mol. The minimum atomic E-state index is 0.00583. The monoisotopic (exact) mass is 361 g/mol. The van der Waals surface area contributed by atoms with Gasteiger partial charge in [0.1, 0.15) is 0 Å². The lowest BCUT2D eigenvalue weighted by Gasteiger charge is -2.65. The molecule has 0 spiro atoms. The second kappa shape index (κ2) is 6.13. The summed E-state index contributed by atoms with van der Waals surface area (Å²) in [6.07, 6.45) is 9.76. The quantitative estimate of drug-likeness (QED) is 0.809. The van der Waals surface area contributed by atoms with Crippen molar-refractivity contribution in [1.82, 2.24) is 15.5 Å². The van der Waals surface area contributed by atoms with Crippen LogP contribution in [0.2, 0.25) is 0 Å². The van der Waals surface area contributed by atoms with Gasteiger partial charge in [-0.25, -0.2) is 4.79 Å². The van der Waals surface area contributed by atoms with Crippen LogP contribution in [-0.2, 0) is 4.79 Å². The fourth-order valence-electron chi connectivity index (χ4n) is 7.55. The summed E-state index contributed by atoms with van der Waals surface area (Å²) in [7, 11) is 0. The predicted octanol–water partition coefficient (Wildman–Crippen LogP) is 3.44. The van der Waals surface area contributed by atoms with Gasteiger partial charge in [-0.2, -0.15) is 0 Å². The summed E-state index contributed by atoms with van der Waals surface area (Å²) in [5, 5.41) is 6.65. The van der Waals surface area contributed by atoms with Gasteiger partial charge in [0.05, 0.1) is 0 Å². The van der Waals surface area contributed by atoms with E-state index in [9.17, 15) is 9.59 Å². The molecule has 1 saturated heterocycles. The Morgan fingerprint density at radius 1 is 1.00 bits per heavy atom. The Bertz CT molecular complexity index is 578. The van der Waals surface area contributed by atoms with Gasteiger partial charge in [-0.3, -0.25) is 4.79 Å². The Kier molecular flexibility index (Phi) is 4.27. The van der Waals surface area contributed by atoms with Crippen molar-refractivity contribution in [1.29, 1.82) is 0 Å². The van der Waals surface area contributed by atoms with Gasteiger partial charge in [-0.15, -0.1) is 0 Å². The lowest BCUT2D eigenvalue weighted by Crippen LogP contribution is -2.66. The standard InChI is InChI=1S/C21H35N3O2/c1-4-17(25)24-7-5-16(6-8-24)22-18(26)23-21-11-15-9-19(2,13-21)12-20(3,10-15)14-21/h15-16H,4-14H2,1-3H3,(H2,22,23,26). The molecule has 4 bridgehead atoms. The summed E-state index contributed by atoms with van der Waals surface area (Å²) in [4.78, 5) is 26.5. The van der Waals surface area contributed by atoms with Crippen molar-refractivity contribution < 1.29 is 9.59 Å². The normalized spacial score (nSPS) is 42.0. The van der Waals surface area contributed by atoms with Gasteiger partial charge in [0.15, 0.2) is 0 Å². The van der Waals surface area contributed by atoms with Crippen molar-refractivity contribution in [3.63, 3.8) is 0 Å². The minimum absolute atomic E-state index is 0.00583. The van der Waals surface area contributed by atoms with E-state index in [1.807, 2.05) is 11.8 Å². The molecule has 3 amide bonds. The maximum Gasteiger partial charge on any atom is 0.315 e. The van der Waals surface area contributed by atoms with Crippen molar-refractivity contribution >= 4 is 11.9 Å². The Balaban J connectivity index is 1.34. The zero-order valence-corrected chi connectivity index (χ0v) is 16.7. The third kappa shape index (κ3) is 3.34. The molecule has 1 heterocycles. The number of rotatable bonds is 3. The van der Waals surface area contributed by atoms with Crippen LogP contribution in [0.15, 0.2) is 0 Å². The van der Waals surface area contributed by atoms with E-state index >= 15 is 0 Å². The maximum atomic E-state index is 12.8. The number of likely N-dealkylation sites (tertiary alicyclic amines) is 1. The van der Waals surface area contributed by atoms with E-state index in [1.165, 1.54) is 19.3 Å². The van der Waals surface area contributed by atoms with Crippen LogP contribution in [-0.4, -0.2) is 41.5 Å². The van der Waals surface area contributed by atoms with Gasteiger partial charge in [0.25, 0.3) is 0 Å². The molecule has 2 unspecified atom stereocenters. The van der Waals surface area contributed by atoms with Crippen LogP contribution in [0.4, 0.5) is 4.79 Å². The van der Waals surface area contributed by atoms with E-state index in [2.05, 4.69) is 24.5 Å². The van der Waals surface area contributed by atoms with Crippen LogP contribution in [0.25, 0.3) is 0 Å². The second-order valence-corrected chi connectivity index (χ2v) is 10.5. The Labute approximate surface area is 157 Å². The zero-order chi connectivity index (χ0) is 18.6. The first kappa shape index (κ1) is 18.1. The molecule has 4 saturated carbocycles. The average Bonchev–Trinajstić information content (AvgIpc) is 2.50. The third-order valence-electron chi connectivity index (χ3n) is 7.49. The number of hydrogen-bond donors (Lipinski definition) is 2. The van der Waals surface area contributed by atoms with Crippen LogP contribution in [0, 0.1) is 16.7 Å². The summed E-state index contributed by atoms with van der Waals surface area (Å²) in [6, 6.07) is 0.204. The van der Waals surface area contributed by atoms with Gasteiger partial charge in [0, 0.05) is 31.1 Å². The minimum Gasteiger partial charge on any atom is -0.343 e. The maximum absolute atomic E-state index is 12.8. The number of nitrogens with one attached hydrogen (secondary N) is 2. The van der Waals surface area contributed by atoms with E-state index in [-0.39, 0.29) is 23.5 Å². The fourth-order valence-corrected chi connectivity index (χ4v) is 7.55. The molecule has 0 aromatic heterocycles. The summed E-state index contributed by atoms with van der Waals surface area (Å²) >= 11 is 0. The van der Waals surface area contributed by atoms with E-state index in [0.29, 0.717) is 17.3 Å². The number of urea groups is 1. The highest BCUT2D eigenvalue weighted by Gasteiger charge is 2.60. The molecule has 5 rings (SSSR count). The van der Waals surface area contributed by atoms with Crippen molar-refractivity contribution in [2.24, 2.45) is 16.7 Å². The van der Waals surface area contributed by atoms with Gasteiger partial charge < -0.3 is 15.5 Å². The molecule has 2 N–H and O–H groups in total. The fraction of sp³-hybridized carbons (Fsp3) is 0.905. The number of piperidine rings is 1. The van der Waals surface area contributed by atoms with Crippen molar-refractivity contribution in [2.45, 2.75) is 90.1 Å². The molecular formula is C21H35N3O2. The molecule has 0 aromatic rings. The van der Waals surface area contributed by atoms with Crippen LogP contribution < -0.4 is 10.6 Å². The van der Waals surface area contributed by atoms with Crippen LogP contribution in [0.3, 0.4) is 0 Å². The van der Waals surface area contributed by atoms with Crippen molar-refractivity contribution in [3.05, 3.63) is 0 Å².